The van der Waals surface area contributed by atoms with Gasteiger partial charge in [0.1, 0.15) is 10.6 Å². The van der Waals surface area contributed by atoms with Gasteiger partial charge in [0.15, 0.2) is 5.13 Å². The van der Waals surface area contributed by atoms with Crippen LogP contribution in [0.5, 0.6) is 0 Å². The van der Waals surface area contributed by atoms with E-state index in [-0.39, 0.29) is 5.91 Å². The zero-order valence-corrected chi connectivity index (χ0v) is 17.1. The Morgan fingerprint density at radius 1 is 1.33 bits per heavy atom. The predicted molar refractivity (Wildman–Crippen MR) is 107 cm³/mol. The van der Waals surface area contributed by atoms with Crippen LogP contribution in [0.25, 0.3) is 11.3 Å². The summed E-state index contributed by atoms with van der Waals surface area (Å²) in [4.78, 5) is 36.5. The maximum Gasteiger partial charge on any atom is 0.354 e. The molecule has 0 aliphatic heterocycles. The number of amides is 1. The number of aromatic nitrogens is 3. The van der Waals surface area contributed by atoms with E-state index in [9.17, 15) is 9.59 Å². The van der Waals surface area contributed by atoms with Crippen molar-refractivity contribution in [2.75, 3.05) is 12.4 Å². The fourth-order valence-corrected chi connectivity index (χ4v) is 4.37. The number of thiazole rings is 2. The van der Waals surface area contributed by atoms with Gasteiger partial charge < -0.3 is 9.72 Å². The number of rotatable bonds is 6. The number of nitrogens with one attached hydrogen (secondary N) is 2. The van der Waals surface area contributed by atoms with Crippen LogP contribution in [-0.4, -0.2) is 33.9 Å². The quantitative estimate of drug-likeness (QED) is 0.602. The number of hydrogen-bond acceptors (Lipinski definition) is 7. The van der Waals surface area contributed by atoms with Gasteiger partial charge in [-0.15, -0.1) is 22.7 Å². The van der Waals surface area contributed by atoms with Crippen LogP contribution in [0.15, 0.2) is 17.6 Å². The van der Waals surface area contributed by atoms with Crippen molar-refractivity contribution in [3.63, 3.8) is 0 Å². The van der Waals surface area contributed by atoms with Crippen LogP contribution in [0, 0.1) is 12.8 Å². The van der Waals surface area contributed by atoms with Gasteiger partial charge in [-0.1, -0.05) is 13.8 Å². The normalized spacial score (nSPS) is 11.0. The summed E-state index contributed by atoms with van der Waals surface area (Å²) < 4.78 is 4.68. The monoisotopic (exact) mass is 404 g/mol. The van der Waals surface area contributed by atoms with Crippen LogP contribution >= 0.6 is 22.7 Å². The summed E-state index contributed by atoms with van der Waals surface area (Å²) in [5, 5.41) is 6.12. The maximum absolute atomic E-state index is 12.6. The van der Waals surface area contributed by atoms with Gasteiger partial charge in [-0.3, -0.25) is 10.1 Å². The van der Waals surface area contributed by atoms with E-state index in [4.69, 9.17) is 0 Å². The standard InChI is InChI=1S/C18H20N4O3S2/c1-9(2)5-14-20-10(3)15(27-14)16(23)22-18-21-13(8-26-18)11-6-12(19-7-11)17(24)25-4/h6-9,19H,5H2,1-4H3,(H,21,22,23). The van der Waals surface area contributed by atoms with Gasteiger partial charge in [0.25, 0.3) is 5.91 Å². The molecule has 0 aliphatic carbocycles. The van der Waals surface area contributed by atoms with Gasteiger partial charge in [-0.05, 0) is 18.9 Å². The van der Waals surface area contributed by atoms with Crippen molar-refractivity contribution < 1.29 is 14.3 Å². The third-order valence-electron chi connectivity index (χ3n) is 3.74. The Morgan fingerprint density at radius 3 is 2.81 bits per heavy atom. The fraction of sp³-hybridized carbons (Fsp3) is 0.333. The van der Waals surface area contributed by atoms with Gasteiger partial charge >= 0.3 is 5.97 Å². The lowest BCUT2D eigenvalue weighted by molar-refractivity contribution is 0.0594. The van der Waals surface area contributed by atoms with Gasteiger partial charge in [0, 0.05) is 23.6 Å². The molecular formula is C18H20N4O3S2. The van der Waals surface area contributed by atoms with Crippen LogP contribution in [0.2, 0.25) is 0 Å². The molecule has 3 aromatic rings. The zero-order chi connectivity index (χ0) is 19.6. The molecule has 0 aromatic carbocycles. The molecule has 0 saturated carbocycles. The molecule has 0 radical (unpaired) electrons. The highest BCUT2D eigenvalue weighted by Gasteiger charge is 2.18. The number of ether oxygens (including phenoxy) is 1. The average molecular weight is 405 g/mol. The van der Waals surface area contributed by atoms with Crippen molar-refractivity contribution >= 4 is 39.7 Å². The number of aromatic amines is 1. The summed E-state index contributed by atoms with van der Waals surface area (Å²) in [6.07, 6.45) is 2.54. The van der Waals surface area contributed by atoms with Crippen molar-refractivity contribution in [2.24, 2.45) is 5.92 Å². The molecule has 142 valence electrons. The van der Waals surface area contributed by atoms with Gasteiger partial charge in [-0.25, -0.2) is 14.8 Å². The summed E-state index contributed by atoms with van der Waals surface area (Å²) in [6.45, 7) is 6.09. The smallest absolute Gasteiger partial charge is 0.354 e. The number of carbonyl (C=O) groups is 2. The summed E-state index contributed by atoms with van der Waals surface area (Å²) in [6, 6.07) is 1.66. The molecule has 0 spiro atoms. The van der Waals surface area contributed by atoms with E-state index < -0.39 is 5.97 Å². The number of H-pyrrole nitrogens is 1. The van der Waals surface area contributed by atoms with Crippen molar-refractivity contribution in [1.82, 2.24) is 15.0 Å². The first-order chi connectivity index (χ1) is 12.9. The molecule has 27 heavy (non-hydrogen) atoms. The third kappa shape index (κ3) is 4.42. The minimum atomic E-state index is -0.442. The highest BCUT2D eigenvalue weighted by atomic mass is 32.1. The van der Waals surface area contributed by atoms with E-state index in [1.54, 1.807) is 12.3 Å². The van der Waals surface area contributed by atoms with Crippen LogP contribution < -0.4 is 5.32 Å². The molecule has 0 saturated heterocycles. The summed E-state index contributed by atoms with van der Waals surface area (Å²) in [7, 11) is 1.33. The van der Waals surface area contributed by atoms with E-state index >= 15 is 0 Å². The molecule has 2 N–H and O–H groups in total. The summed E-state index contributed by atoms with van der Waals surface area (Å²) in [5.41, 5.74) is 2.51. The van der Waals surface area contributed by atoms with Crippen molar-refractivity contribution in [3.8, 4) is 11.3 Å². The SMILES string of the molecule is COC(=O)c1cc(-c2csc(NC(=O)c3sc(CC(C)C)nc3C)n2)c[nH]1. The lowest BCUT2D eigenvalue weighted by Gasteiger charge is -1.99. The maximum atomic E-state index is 12.6. The van der Waals surface area contributed by atoms with Gasteiger partial charge in [0.05, 0.1) is 23.5 Å². The second-order valence-corrected chi connectivity index (χ2v) is 8.35. The molecule has 0 fully saturated rings. The number of aryl methyl sites for hydroxylation is 1. The Labute approximate surface area is 164 Å². The van der Waals surface area contributed by atoms with Crippen molar-refractivity contribution in [3.05, 3.63) is 38.9 Å². The topological polar surface area (TPSA) is 97.0 Å². The minimum Gasteiger partial charge on any atom is -0.464 e. The molecule has 3 rings (SSSR count). The first kappa shape index (κ1) is 19.2. The Kier molecular flexibility index (Phi) is 5.71. The van der Waals surface area contributed by atoms with E-state index in [2.05, 4.69) is 38.9 Å². The summed E-state index contributed by atoms with van der Waals surface area (Å²) >= 11 is 2.75. The first-order valence-corrected chi connectivity index (χ1v) is 10.1. The molecule has 3 heterocycles. The predicted octanol–water partition coefficient (Wildman–Crippen LogP) is 4.14. The molecule has 0 aliphatic rings. The van der Waals surface area contributed by atoms with Crippen molar-refractivity contribution in [2.45, 2.75) is 27.2 Å². The number of anilines is 1. The largest absolute Gasteiger partial charge is 0.464 e. The van der Waals surface area contributed by atoms with E-state index in [0.29, 0.717) is 27.3 Å². The van der Waals surface area contributed by atoms with Crippen molar-refractivity contribution in [1.29, 1.82) is 0 Å². The average Bonchev–Trinajstić information content (AvgIpc) is 3.33. The minimum absolute atomic E-state index is 0.203. The Bertz CT molecular complexity index is 971. The molecule has 1 amide bonds. The van der Waals surface area contributed by atoms with E-state index in [0.717, 1.165) is 22.7 Å². The van der Waals surface area contributed by atoms with Crippen LogP contribution in [0.3, 0.4) is 0 Å². The molecular weight excluding hydrogens is 384 g/mol. The van der Waals surface area contributed by atoms with Gasteiger partial charge in [0.2, 0.25) is 0 Å². The highest BCUT2D eigenvalue weighted by molar-refractivity contribution is 7.15. The summed E-state index contributed by atoms with van der Waals surface area (Å²) in [5.74, 6) is -0.155. The lowest BCUT2D eigenvalue weighted by Crippen LogP contribution is -2.11. The molecule has 7 nitrogen and oxygen atoms in total. The number of carbonyl (C=O) groups excluding carboxylic acids is 2. The fourth-order valence-electron chi connectivity index (χ4n) is 2.49. The molecule has 3 aromatic heterocycles. The van der Waals surface area contributed by atoms with E-state index in [1.807, 2.05) is 12.3 Å². The molecule has 0 atom stereocenters. The number of methoxy groups -OCH3 is 1. The number of hydrogen-bond donors (Lipinski definition) is 2. The zero-order valence-electron chi connectivity index (χ0n) is 15.5. The molecule has 0 unspecified atom stereocenters. The Hall–Kier alpha value is -2.52. The Morgan fingerprint density at radius 2 is 2.11 bits per heavy atom. The Balaban J connectivity index is 1.72. The third-order valence-corrected chi connectivity index (χ3v) is 5.67. The van der Waals surface area contributed by atoms with Crippen LogP contribution in [-0.2, 0) is 11.2 Å². The highest BCUT2D eigenvalue weighted by Crippen LogP contribution is 2.27. The second-order valence-electron chi connectivity index (χ2n) is 6.41. The molecule has 9 heteroatoms. The van der Waals surface area contributed by atoms with Gasteiger partial charge in [-0.2, -0.15) is 0 Å². The second kappa shape index (κ2) is 8.01. The molecule has 0 bridgehead atoms. The van der Waals surface area contributed by atoms with Crippen LogP contribution in [0.4, 0.5) is 5.13 Å². The lowest BCUT2D eigenvalue weighted by atomic mass is 10.1. The van der Waals surface area contributed by atoms with Crippen LogP contribution in [0.1, 0.15) is 44.7 Å². The first-order valence-electron chi connectivity index (χ1n) is 8.37. The van der Waals surface area contributed by atoms with E-state index in [1.165, 1.54) is 29.8 Å². The number of nitrogens with zero attached hydrogens (tertiary/aromatic N) is 2. The number of esters is 1.